The average Bonchev–Trinajstić information content (AvgIpc) is 2.58. The quantitative estimate of drug-likeness (QED) is 0.663. The van der Waals surface area contributed by atoms with Gasteiger partial charge in [-0.2, -0.15) is 0 Å². The van der Waals surface area contributed by atoms with E-state index in [1.54, 1.807) is 0 Å². The highest BCUT2D eigenvalue weighted by Gasteiger charge is 2.31. The minimum atomic E-state index is -0.462. The number of halogens is 1. The van der Waals surface area contributed by atoms with E-state index >= 15 is 0 Å². The minimum Gasteiger partial charge on any atom is -0.444 e. The molecule has 2 rings (SSSR count). The van der Waals surface area contributed by atoms with Gasteiger partial charge < -0.3 is 14.5 Å². The van der Waals surface area contributed by atoms with Crippen molar-refractivity contribution in [2.45, 2.75) is 59.7 Å². The molecule has 5 nitrogen and oxygen atoms in total. The first kappa shape index (κ1) is 22.0. The molecule has 1 aromatic rings. The second-order valence-corrected chi connectivity index (χ2v) is 9.12. The van der Waals surface area contributed by atoms with Gasteiger partial charge in [-0.3, -0.25) is 4.90 Å². The minimum absolute atomic E-state index is 0.110. The number of piperazine rings is 1. The summed E-state index contributed by atoms with van der Waals surface area (Å²) in [6, 6.07) is 6.63. The van der Waals surface area contributed by atoms with E-state index in [0.717, 1.165) is 37.2 Å². The van der Waals surface area contributed by atoms with Gasteiger partial charge in [0, 0.05) is 42.4 Å². The molecule has 0 aromatic heterocycles. The van der Waals surface area contributed by atoms with Gasteiger partial charge in [-0.05, 0) is 64.5 Å². The Morgan fingerprint density at radius 2 is 1.93 bits per heavy atom. The number of hydrogen-bond acceptors (Lipinski definition) is 4. The van der Waals surface area contributed by atoms with Gasteiger partial charge in [-0.1, -0.05) is 29.8 Å². The molecule has 1 atom stereocenters. The molecule has 0 spiro atoms. The Morgan fingerprint density at radius 1 is 1.26 bits per heavy atom. The van der Waals surface area contributed by atoms with Crippen molar-refractivity contribution in [3.63, 3.8) is 0 Å². The topological polar surface area (TPSA) is 36.0 Å². The predicted octanol–water partition coefficient (Wildman–Crippen LogP) is 4.74. The lowest BCUT2D eigenvalue weighted by Crippen LogP contribution is -2.55. The number of anilines is 1. The highest BCUT2D eigenvalue weighted by atomic mass is 79.9. The van der Waals surface area contributed by atoms with Crippen molar-refractivity contribution < 1.29 is 9.53 Å². The Hall–Kier alpha value is -1.27. The van der Waals surface area contributed by atoms with Crippen LogP contribution in [0.2, 0.25) is 0 Å². The highest BCUT2D eigenvalue weighted by Crippen LogP contribution is 2.28. The second kappa shape index (κ2) is 9.28. The zero-order valence-corrected chi connectivity index (χ0v) is 19.2. The molecule has 0 saturated carbocycles. The molecule has 1 unspecified atom stereocenters. The van der Waals surface area contributed by atoms with Crippen molar-refractivity contribution in [2.24, 2.45) is 0 Å². The number of nitrogens with zero attached hydrogens (tertiary/aromatic N) is 3. The lowest BCUT2D eigenvalue weighted by atomic mass is 10.1. The number of rotatable bonds is 5. The Bertz CT molecular complexity index is 641. The number of amides is 1. The summed E-state index contributed by atoms with van der Waals surface area (Å²) in [4.78, 5) is 19.1. The van der Waals surface area contributed by atoms with Crippen LogP contribution in [-0.2, 0) is 11.3 Å². The summed E-state index contributed by atoms with van der Waals surface area (Å²) in [5.74, 6) is 0. The SMILES string of the molecule is CCN(CC)Cc1cc(Br)ccc1N1CCN(C(=O)OC(C)(C)C)C(C)C1. The van der Waals surface area contributed by atoms with Crippen LogP contribution >= 0.6 is 15.9 Å². The van der Waals surface area contributed by atoms with Crippen LogP contribution in [-0.4, -0.2) is 60.3 Å². The van der Waals surface area contributed by atoms with E-state index in [2.05, 4.69) is 64.7 Å². The van der Waals surface area contributed by atoms with Crippen LogP contribution in [0.4, 0.5) is 10.5 Å². The summed E-state index contributed by atoms with van der Waals surface area (Å²) in [7, 11) is 0. The fourth-order valence-electron chi connectivity index (χ4n) is 3.45. The van der Waals surface area contributed by atoms with E-state index in [0.29, 0.717) is 6.54 Å². The number of carbonyl (C=O) groups is 1. The summed E-state index contributed by atoms with van der Waals surface area (Å²) in [6.45, 7) is 17.5. The lowest BCUT2D eigenvalue weighted by Gasteiger charge is -2.42. The van der Waals surface area contributed by atoms with Gasteiger partial charge in [0.2, 0.25) is 0 Å². The third-order valence-corrected chi connectivity index (χ3v) is 5.42. The summed E-state index contributed by atoms with van der Waals surface area (Å²) in [6.07, 6.45) is -0.214. The molecule has 1 aliphatic rings. The molecule has 1 aliphatic heterocycles. The van der Waals surface area contributed by atoms with E-state index in [4.69, 9.17) is 4.74 Å². The molecule has 0 aliphatic carbocycles. The van der Waals surface area contributed by atoms with Crippen LogP contribution in [0.3, 0.4) is 0 Å². The Kier molecular flexibility index (Phi) is 7.57. The second-order valence-electron chi connectivity index (χ2n) is 8.20. The molecule has 0 bridgehead atoms. The van der Waals surface area contributed by atoms with Crippen molar-refractivity contribution in [2.75, 3.05) is 37.6 Å². The molecule has 1 heterocycles. The standard InChI is InChI=1S/C21H34BrN3O2/c1-7-23(8-2)15-17-13-18(22)9-10-19(17)24-11-12-25(16(3)14-24)20(26)27-21(4,5)6/h9-10,13,16H,7-8,11-12,14-15H2,1-6H3. The van der Waals surface area contributed by atoms with Crippen molar-refractivity contribution >= 4 is 27.7 Å². The van der Waals surface area contributed by atoms with Crippen molar-refractivity contribution in [1.29, 1.82) is 0 Å². The maximum absolute atomic E-state index is 12.5. The fraction of sp³-hybridized carbons (Fsp3) is 0.667. The van der Waals surface area contributed by atoms with Gasteiger partial charge in [0.1, 0.15) is 5.60 Å². The zero-order valence-electron chi connectivity index (χ0n) is 17.6. The van der Waals surface area contributed by atoms with Gasteiger partial charge in [0.05, 0.1) is 0 Å². The molecule has 1 aromatic carbocycles. The molecule has 1 fully saturated rings. The van der Waals surface area contributed by atoms with Crippen molar-refractivity contribution in [3.05, 3.63) is 28.2 Å². The zero-order chi connectivity index (χ0) is 20.2. The summed E-state index contributed by atoms with van der Waals surface area (Å²) >= 11 is 3.62. The molecular formula is C21H34BrN3O2. The van der Waals surface area contributed by atoms with Gasteiger partial charge in [-0.15, -0.1) is 0 Å². The number of benzene rings is 1. The van der Waals surface area contributed by atoms with E-state index in [1.807, 2.05) is 25.7 Å². The molecule has 6 heteroatoms. The van der Waals surface area contributed by atoms with Crippen LogP contribution in [0.25, 0.3) is 0 Å². The number of ether oxygens (including phenoxy) is 1. The van der Waals surface area contributed by atoms with Gasteiger partial charge in [0.15, 0.2) is 0 Å². The Balaban J connectivity index is 2.13. The smallest absolute Gasteiger partial charge is 0.410 e. The van der Waals surface area contributed by atoms with E-state index in [1.165, 1.54) is 11.3 Å². The van der Waals surface area contributed by atoms with Crippen LogP contribution in [0.15, 0.2) is 22.7 Å². The van der Waals surface area contributed by atoms with E-state index < -0.39 is 5.60 Å². The van der Waals surface area contributed by atoms with Crippen molar-refractivity contribution in [1.82, 2.24) is 9.80 Å². The third kappa shape index (κ3) is 6.11. The van der Waals surface area contributed by atoms with Crippen LogP contribution < -0.4 is 4.90 Å². The van der Waals surface area contributed by atoms with Crippen LogP contribution in [0.1, 0.15) is 47.1 Å². The molecule has 1 amide bonds. The number of carbonyl (C=O) groups excluding carboxylic acids is 1. The molecule has 1 saturated heterocycles. The first-order chi connectivity index (χ1) is 12.6. The molecule has 0 radical (unpaired) electrons. The summed E-state index contributed by atoms with van der Waals surface area (Å²) in [5, 5.41) is 0. The average molecular weight is 440 g/mol. The van der Waals surface area contributed by atoms with Gasteiger partial charge in [0.25, 0.3) is 0 Å². The third-order valence-electron chi connectivity index (χ3n) is 4.93. The first-order valence-corrected chi connectivity index (χ1v) is 10.7. The van der Waals surface area contributed by atoms with Crippen LogP contribution in [0, 0.1) is 0 Å². The monoisotopic (exact) mass is 439 g/mol. The van der Waals surface area contributed by atoms with Gasteiger partial charge in [-0.25, -0.2) is 4.79 Å². The van der Waals surface area contributed by atoms with Gasteiger partial charge >= 0.3 is 6.09 Å². The molecule has 0 N–H and O–H groups in total. The largest absolute Gasteiger partial charge is 0.444 e. The maximum Gasteiger partial charge on any atom is 0.410 e. The Morgan fingerprint density at radius 3 is 2.48 bits per heavy atom. The first-order valence-electron chi connectivity index (χ1n) is 9.90. The van der Waals surface area contributed by atoms with Crippen LogP contribution in [0.5, 0.6) is 0 Å². The highest BCUT2D eigenvalue weighted by molar-refractivity contribution is 9.10. The normalized spacial score (nSPS) is 18.1. The Labute approximate surface area is 172 Å². The number of hydrogen-bond donors (Lipinski definition) is 0. The molecular weight excluding hydrogens is 406 g/mol. The fourth-order valence-corrected chi connectivity index (χ4v) is 3.85. The summed E-state index contributed by atoms with van der Waals surface area (Å²) in [5.41, 5.74) is 2.13. The predicted molar refractivity (Wildman–Crippen MR) is 115 cm³/mol. The summed E-state index contributed by atoms with van der Waals surface area (Å²) < 4.78 is 6.67. The molecule has 152 valence electrons. The van der Waals surface area contributed by atoms with E-state index in [9.17, 15) is 4.79 Å². The lowest BCUT2D eigenvalue weighted by molar-refractivity contribution is 0.0159. The molecule has 27 heavy (non-hydrogen) atoms. The maximum atomic E-state index is 12.5. The van der Waals surface area contributed by atoms with E-state index in [-0.39, 0.29) is 12.1 Å². The van der Waals surface area contributed by atoms with Crippen molar-refractivity contribution in [3.8, 4) is 0 Å².